The minimum atomic E-state index is -0.269. The van der Waals surface area contributed by atoms with Gasteiger partial charge in [-0.05, 0) is 102 Å². The third-order valence-electron chi connectivity index (χ3n) is 8.21. The molecule has 0 radical (unpaired) electrons. The van der Waals surface area contributed by atoms with E-state index in [0.717, 1.165) is 41.1 Å². The third-order valence-corrected chi connectivity index (χ3v) is 8.49. The highest BCUT2D eigenvalue weighted by Gasteiger charge is 2.48. The SMILES string of the molecule is CC1C2CC(COC(C)(C)c3ccc4c(ccc5cc(S)ccc54)c3)C(C2)C1C. The summed E-state index contributed by atoms with van der Waals surface area (Å²) < 4.78 is 6.58. The first-order valence-electron chi connectivity index (χ1n) is 11.1. The van der Waals surface area contributed by atoms with Gasteiger partial charge in [0.2, 0.25) is 0 Å². The van der Waals surface area contributed by atoms with Crippen LogP contribution in [0.25, 0.3) is 21.5 Å². The Balaban J connectivity index is 1.38. The summed E-state index contributed by atoms with van der Waals surface area (Å²) in [6.07, 6.45) is 2.79. The Kier molecular flexibility index (Phi) is 4.71. The first kappa shape index (κ1) is 19.5. The van der Waals surface area contributed by atoms with Crippen molar-refractivity contribution >= 4 is 34.2 Å². The molecule has 2 heteroatoms. The van der Waals surface area contributed by atoms with Crippen molar-refractivity contribution in [3.8, 4) is 0 Å². The second kappa shape index (κ2) is 7.03. The molecular weight excluding hydrogens is 372 g/mol. The number of rotatable bonds is 4. The molecule has 152 valence electrons. The van der Waals surface area contributed by atoms with Gasteiger partial charge in [0.25, 0.3) is 0 Å². The highest BCUT2D eigenvalue weighted by atomic mass is 32.1. The number of hydrogen-bond donors (Lipinski definition) is 1. The summed E-state index contributed by atoms with van der Waals surface area (Å²) in [6.45, 7) is 10.2. The zero-order chi connectivity index (χ0) is 20.3. The number of hydrogen-bond acceptors (Lipinski definition) is 2. The predicted octanol–water partition coefficient (Wildman–Crippen LogP) is 7.46. The molecule has 0 heterocycles. The molecule has 5 atom stereocenters. The molecule has 0 amide bonds. The molecule has 0 aromatic heterocycles. The minimum absolute atomic E-state index is 0.269. The molecule has 5 unspecified atom stereocenters. The van der Waals surface area contributed by atoms with Crippen LogP contribution in [0.5, 0.6) is 0 Å². The van der Waals surface area contributed by atoms with Gasteiger partial charge in [0, 0.05) is 4.90 Å². The molecule has 0 saturated heterocycles. The first-order chi connectivity index (χ1) is 13.8. The lowest BCUT2D eigenvalue weighted by Gasteiger charge is -2.34. The Labute approximate surface area is 180 Å². The molecule has 2 aliphatic rings. The van der Waals surface area contributed by atoms with E-state index in [1.54, 1.807) is 0 Å². The zero-order valence-corrected chi connectivity index (χ0v) is 18.9. The van der Waals surface area contributed by atoms with Crippen LogP contribution in [0.2, 0.25) is 0 Å². The van der Waals surface area contributed by atoms with Crippen molar-refractivity contribution in [2.45, 2.75) is 51.0 Å². The van der Waals surface area contributed by atoms with Crippen molar-refractivity contribution in [1.29, 1.82) is 0 Å². The maximum atomic E-state index is 6.58. The van der Waals surface area contributed by atoms with Crippen molar-refractivity contribution in [1.82, 2.24) is 0 Å². The van der Waals surface area contributed by atoms with Crippen LogP contribution >= 0.6 is 12.6 Å². The van der Waals surface area contributed by atoms with E-state index in [0.29, 0.717) is 0 Å². The molecule has 5 rings (SSSR count). The normalized spacial score (nSPS) is 29.2. The van der Waals surface area contributed by atoms with Gasteiger partial charge in [0.15, 0.2) is 0 Å². The summed E-state index contributed by atoms with van der Waals surface area (Å²) in [5, 5.41) is 5.11. The average molecular weight is 405 g/mol. The molecule has 29 heavy (non-hydrogen) atoms. The lowest BCUT2D eigenvalue weighted by Crippen LogP contribution is -2.31. The van der Waals surface area contributed by atoms with E-state index in [1.165, 1.54) is 39.9 Å². The number of ether oxygens (including phenoxy) is 1. The van der Waals surface area contributed by atoms with Gasteiger partial charge in [0.1, 0.15) is 0 Å². The number of benzene rings is 3. The molecule has 3 aromatic rings. The number of thiol groups is 1. The van der Waals surface area contributed by atoms with E-state index in [9.17, 15) is 0 Å². The van der Waals surface area contributed by atoms with Crippen LogP contribution in [0.15, 0.2) is 53.4 Å². The smallest absolute Gasteiger partial charge is 0.0875 e. The van der Waals surface area contributed by atoms with Crippen molar-refractivity contribution < 1.29 is 4.74 Å². The highest BCUT2D eigenvalue weighted by Crippen LogP contribution is 2.55. The van der Waals surface area contributed by atoms with Gasteiger partial charge in [-0.2, -0.15) is 0 Å². The van der Waals surface area contributed by atoms with Gasteiger partial charge in [-0.25, -0.2) is 0 Å². The standard InChI is InChI=1S/C27H32OS/c1-16-17(2)26-14-20(16)11-21(26)15-28-27(3,4)22-7-9-24-18(12-22)5-6-19-13-23(29)8-10-25(19)24/h5-10,12-13,16-17,20-21,26,29H,11,14-15H2,1-4H3. The van der Waals surface area contributed by atoms with E-state index in [4.69, 9.17) is 4.74 Å². The van der Waals surface area contributed by atoms with Crippen LogP contribution in [-0.4, -0.2) is 6.61 Å². The highest BCUT2D eigenvalue weighted by molar-refractivity contribution is 7.80. The Morgan fingerprint density at radius 2 is 1.59 bits per heavy atom. The Bertz CT molecular complexity index is 1070. The molecule has 1 nitrogen and oxygen atoms in total. The average Bonchev–Trinajstić information content (AvgIpc) is 3.25. The summed E-state index contributed by atoms with van der Waals surface area (Å²) >= 11 is 4.48. The lowest BCUT2D eigenvalue weighted by atomic mass is 9.76. The second-order valence-corrected chi connectivity index (χ2v) is 10.6. The second-order valence-electron chi connectivity index (χ2n) is 10.1. The zero-order valence-electron chi connectivity index (χ0n) is 18.0. The minimum Gasteiger partial charge on any atom is -0.371 e. The fourth-order valence-corrected chi connectivity index (χ4v) is 6.33. The molecule has 0 N–H and O–H groups in total. The maximum Gasteiger partial charge on any atom is 0.0875 e. The van der Waals surface area contributed by atoms with E-state index in [1.807, 2.05) is 0 Å². The summed E-state index contributed by atoms with van der Waals surface area (Å²) in [5.41, 5.74) is 0.995. The van der Waals surface area contributed by atoms with E-state index < -0.39 is 0 Å². The fourth-order valence-electron chi connectivity index (χ4n) is 6.12. The molecule has 3 aromatic carbocycles. The van der Waals surface area contributed by atoms with Crippen LogP contribution < -0.4 is 0 Å². The monoisotopic (exact) mass is 404 g/mol. The third kappa shape index (κ3) is 3.29. The van der Waals surface area contributed by atoms with E-state index in [2.05, 4.69) is 88.9 Å². The van der Waals surface area contributed by atoms with Crippen molar-refractivity contribution in [2.75, 3.05) is 6.61 Å². The van der Waals surface area contributed by atoms with Crippen molar-refractivity contribution in [2.24, 2.45) is 29.6 Å². The van der Waals surface area contributed by atoms with Gasteiger partial charge in [-0.3, -0.25) is 0 Å². The molecule has 2 saturated carbocycles. The first-order valence-corrected chi connectivity index (χ1v) is 11.6. The van der Waals surface area contributed by atoms with Gasteiger partial charge < -0.3 is 4.74 Å². The molecule has 2 aliphatic carbocycles. The van der Waals surface area contributed by atoms with Crippen LogP contribution in [0, 0.1) is 29.6 Å². The topological polar surface area (TPSA) is 9.23 Å². The largest absolute Gasteiger partial charge is 0.371 e. The molecule has 2 fully saturated rings. The van der Waals surface area contributed by atoms with E-state index in [-0.39, 0.29) is 5.60 Å². The van der Waals surface area contributed by atoms with Gasteiger partial charge >= 0.3 is 0 Å². The van der Waals surface area contributed by atoms with Gasteiger partial charge in [-0.1, -0.05) is 44.2 Å². The molecule has 0 aliphatic heterocycles. The predicted molar refractivity (Wildman–Crippen MR) is 126 cm³/mol. The number of fused-ring (bicyclic) bond motifs is 5. The Morgan fingerprint density at radius 3 is 2.28 bits per heavy atom. The Hall–Kier alpha value is -1.51. The van der Waals surface area contributed by atoms with Crippen LogP contribution in [-0.2, 0) is 10.3 Å². The fraction of sp³-hybridized carbons (Fsp3) is 0.481. The van der Waals surface area contributed by atoms with Crippen LogP contribution in [0.1, 0.15) is 46.1 Å². The van der Waals surface area contributed by atoms with Crippen LogP contribution in [0.3, 0.4) is 0 Å². The van der Waals surface area contributed by atoms with Crippen LogP contribution in [0.4, 0.5) is 0 Å². The lowest BCUT2D eigenvalue weighted by molar-refractivity contribution is -0.0539. The molecule has 2 bridgehead atoms. The van der Waals surface area contributed by atoms with Gasteiger partial charge in [0.05, 0.1) is 12.2 Å². The maximum absolute atomic E-state index is 6.58. The van der Waals surface area contributed by atoms with Crippen molar-refractivity contribution in [3.63, 3.8) is 0 Å². The molecule has 0 spiro atoms. The van der Waals surface area contributed by atoms with Crippen molar-refractivity contribution in [3.05, 3.63) is 54.1 Å². The summed E-state index contributed by atoms with van der Waals surface area (Å²) in [6, 6.07) is 17.6. The summed E-state index contributed by atoms with van der Waals surface area (Å²) in [4.78, 5) is 1.01. The van der Waals surface area contributed by atoms with E-state index >= 15 is 0 Å². The summed E-state index contributed by atoms with van der Waals surface area (Å²) in [7, 11) is 0. The summed E-state index contributed by atoms with van der Waals surface area (Å²) in [5.74, 6) is 4.30. The quantitative estimate of drug-likeness (QED) is 0.351. The Morgan fingerprint density at radius 1 is 0.897 bits per heavy atom. The van der Waals surface area contributed by atoms with Gasteiger partial charge in [-0.15, -0.1) is 12.6 Å². The molecular formula is C27H32OS.